The van der Waals surface area contributed by atoms with Crippen LogP contribution in [0.1, 0.15) is 22.6 Å². The van der Waals surface area contributed by atoms with Crippen LogP contribution >= 0.6 is 0 Å². The van der Waals surface area contributed by atoms with E-state index in [1.165, 1.54) is 5.56 Å². The summed E-state index contributed by atoms with van der Waals surface area (Å²) < 4.78 is 27.2. The zero-order valence-corrected chi connectivity index (χ0v) is 40.5. The second kappa shape index (κ2) is 13.8. The van der Waals surface area contributed by atoms with Crippen LogP contribution in [0.2, 0.25) is 0 Å². The largest absolute Gasteiger partial charge is 0.453 e. The van der Waals surface area contributed by atoms with E-state index in [2.05, 4.69) is 263 Å². The van der Waals surface area contributed by atoms with Gasteiger partial charge in [0, 0.05) is 22.9 Å². The number of hydrogen-bond donors (Lipinski definition) is 0. The second-order valence-electron chi connectivity index (χ2n) is 20.5. The summed E-state index contributed by atoms with van der Waals surface area (Å²) in [6.07, 6.45) is 0. The number of para-hydroxylation sites is 14. The SMILES string of the molecule is c1ccc(N2c3ccccc3Oc3cc4c(cc32)-n2c3ccccc3n3c5ccccc5n5c6ccccc6n6c7ccccc7n7c8c(c2c3c5c86)C4c2cc3c(cc2-7)N(c2ccccc2)c2ccccc2O3)cc1. The molecule has 0 radical (unpaired) electrons. The summed E-state index contributed by atoms with van der Waals surface area (Å²) in [7, 11) is 0. The maximum absolute atomic E-state index is 7.16. The number of fused-ring (bicyclic) bond motifs is 22. The van der Waals surface area contributed by atoms with Crippen molar-refractivity contribution in [2.45, 2.75) is 5.92 Å². The van der Waals surface area contributed by atoms with Crippen molar-refractivity contribution in [2.75, 3.05) is 9.80 Å². The van der Waals surface area contributed by atoms with Crippen LogP contribution in [0.3, 0.4) is 0 Å². The Morgan fingerprint density at radius 1 is 0.263 bits per heavy atom. The Morgan fingerprint density at radius 2 is 0.592 bits per heavy atom. The molecule has 0 spiro atoms. The highest BCUT2D eigenvalue weighted by Crippen LogP contribution is 2.61. The van der Waals surface area contributed by atoms with Gasteiger partial charge in [-0.25, -0.2) is 0 Å². The molecule has 0 bridgehead atoms. The van der Waals surface area contributed by atoms with Crippen LogP contribution in [-0.2, 0) is 0 Å². The summed E-state index contributed by atoms with van der Waals surface area (Å²) in [6, 6.07) is 83.6. The minimum Gasteiger partial charge on any atom is -0.453 e. The van der Waals surface area contributed by atoms with Gasteiger partial charge in [0.05, 0.1) is 106 Å². The van der Waals surface area contributed by atoms with Crippen molar-refractivity contribution < 1.29 is 9.47 Å². The summed E-state index contributed by atoms with van der Waals surface area (Å²) in [6.45, 7) is 0. The first-order chi connectivity index (χ1) is 37.8. The van der Waals surface area contributed by atoms with Gasteiger partial charge in [-0.1, -0.05) is 109 Å². The molecule has 11 aromatic carbocycles. The van der Waals surface area contributed by atoms with E-state index < -0.39 is 0 Å². The normalized spacial score (nSPS) is 13.9. The van der Waals surface area contributed by atoms with Gasteiger partial charge in [-0.3, -0.25) is 0 Å². The first kappa shape index (κ1) is 39.2. The Balaban J connectivity index is 1.08. The van der Waals surface area contributed by atoms with Gasteiger partial charge in [-0.15, -0.1) is 0 Å². The van der Waals surface area contributed by atoms with Gasteiger partial charge in [-0.05, 0) is 132 Å². The summed E-state index contributed by atoms with van der Waals surface area (Å²) in [5.41, 5.74) is 26.5. The lowest BCUT2D eigenvalue weighted by Gasteiger charge is -2.42. The molecular weight excluding hydrogens is 935 g/mol. The number of rotatable bonds is 2. The second-order valence-corrected chi connectivity index (χ2v) is 20.5. The molecule has 0 aliphatic carbocycles. The topological polar surface area (TPSA) is 48.0 Å². The Kier molecular flexibility index (Phi) is 7.12. The molecule has 354 valence electrons. The molecular formula is C67H39N7O2. The smallest absolute Gasteiger partial charge is 0.152 e. The zero-order valence-electron chi connectivity index (χ0n) is 40.5. The fourth-order valence-electron chi connectivity index (χ4n) is 13.9. The van der Waals surface area contributed by atoms with Crippen LogP contribution < -0.4 is 19.3 Å². The molecule has 0 saturated carbocycles. The van der Waals surface area contributed by atoms with Gasteiger partial charge >= 0.3 is 0 Å². The van der Waals surface area contributed by atoms with Gasteiger partial charge in [0.1, 0.15) is 0 Å². The van der Waals surface area contributed by atoms with E-state index in [1.54, 1.807) is 0 Å². The van der Waals surface area contributed by atoms with Crippen molar-refractivity contribution in [3.8, 4) is 34.4 Å². The van der Waals surface area contributed by atoms with Crippen molar-refractivity contribution >= 4 is 106 Å². The molecule has 4 aromatic heterocycles. The molecule has 4 aliphatic rings. The van der Waals surface area contributed by atoms with E-state index in [-0.39, 0.29) is 5.92 Å². The molecule has 0 atom stereocenters. The first-order valence-corrected chi connectivity index (χ1v) is 26.0. The molecule has 0 fully saturated rings. The third-order valence-electron chi connectivity index (χ3n) is 16.8. The van der Waals surface area contributed by atoms with E-state index >= 15 is 0 Å². The molecule has 76 heavy (non-hydrogen) atoms. The summed E-state index contributed by atoms with van der Waals surface area (Å²) in [5, 5.41) is 0. The highest BCUT2D eigenvalue weighted by Gasteiger charge is 2.43. The fraction of sp³-hybridized carbons (Fsp3) is 0.0149. The maximum atomic E-state index is 7.16. The summed E-state index contributed by atoms with van der Waals surface area (Å²) in [4.78, 5) is 4.74. The van der Waals surface area contributed by atoms with Crippen LogP contribution in [-0.4, -0.2) is 22.3 Å². The zero-order chi connectivity index (χ0) is 49.1. The molecule has 15 aromatic rings. The predicted octanol–water partition coefficient (Wildman–Crippen LogP) is 17.3. The van der Waals surface area contributed by atoms with Crippen molar-refractivity contribution in [1.82, 2.24) is 22.3 Å². The molecule has 0 saturated heterocycles. The third kappa shape index (κ3) is 4.65. The lowest BCUT2D eigenvalue weighted by Crippen LogP contribution is -2.27. The summed E-state index contributed by atoms with van der Waals surface area (Å²) in [5.74, 6) is 2.94. The number of anilines is 6. The third-order valence-corrected chi connectivity index (χ3v) is 16.8. The number of aromatic nitrogens is 5. The van der Waals surface area contributed by atoms with Crippen LogP contribution in [0.25, 0.3) is 83.1 Å². The molecule has 0 N–H and O–H groups in total. The van der Waals surface area contributed by atoms with E-state index in [4.69, 9.17) is 9.47 Å². The van der Waals surface area contributed by atoms with Crippen LogP contribution in [0.15, 0.2) is 231 Å². The fourth-order valence-corrected chi connectivity index (χ4v) is 13.9. The average molecular weight is 974 g/mol. The van der Waals surface area contributed by atoms with E-state index in [0.717, 1.165) is 151 Å². The highest BCUT2D eigenvalue weighted by atomic mass is 16.5. The molecule has 0 amide bonds. The predicted molar refractivity (Wildman–Crippen MR) is 305 cm³/mol. The molecule has 9 heteroatoms. The molecule has 0 unspecified atom stereocenters. The van der Waals surface area contributed by atoms with Gasteiger partial charge < -0.3 is 41.6 Å². The van der Waals surface area contributed by atoms with Gasteiger partial charge in [0.15, 0.2) is 23.0 Å². The lowest BCUT2D eigenvalue weighted by molar-refractivity contribution is 0.475. The van der Waals surface area contributed by atoms with Crippen molar-refractivity contribution in [2.24, 2.45) is 0 Å². The Morgan fingerprint density at radius 3 is 1.00 bits per heavy atom. The van der Waals surface area contributed by atoms with Crippen LogP contribution in [0, 0.1) is 0 Å². The number of nitrogens with zero attached hydrogens (tertiary/aromatic N) is 7. The monoisotopic (exact) mass is 973 g/mol. The summed E-state index contributed by atoms with van der Waals surface area (Å²) >= 11 is 0. The standard InChI is InChI=1S/C67H39N7O2/c1-3-19-39(20-4-1)68-51-31-15-17-33-57(51)75-59-35-41-53(37-55(59)68)73-49-29-13-11-27-47(49)70-43-23-7-9-25-45(43)72-46-26-10-8-24-44(46)71-48-28-12-14-30-50(48)74-54-38-56-60(36-42(54)61(41)62-63(73)65(70)67(72)66(71)64(62)74)76-58-34-18-16-32-52(58)69(56)40-21-5-2-6-22-40/h1-38,61H. The van der Waals surface area contributed by atoms with Gasteiger partial charge in [0.25, 0.3) is 0 Å². The minimum absolute atomic E-state index is 0.279. The van der Waals surface area contributed by atoms with Gasteiger partial charge in [-0.2, -0.15) is 0 Å². The molecule has 8 heterocycles. The van der Waals surface area contributed by atoms with Crippen LogP contribution in [0.4, 0.5) is 34.1 Å². The van der Waals surface area contributed by atoms with Gasteiger partial charge in [0.2, 0.25) is 0 Å². The number of ether oxygens (including phenoxy) is 2. The van der Waals surface area contributed by atoms with Crippen molar-refractivity contribution in [3.63, 3.8) is 0 Å². The molecule has 9 nitrogen and oxygen atoms in total. The minimum atomic E-state index is -0.279. The van der Waals surface area contributed by atoms with Crippen LogP contribution in [0.5, 0.6) is 23.0 Å². The molecule has 4 aliphatic heterocycles. The van der Waals surface area contributed by atoms with E-state index in [1.807, 2.05) is 0 Å². The Bertz CT molecular complexity index is 4840. The lowest BCUT2D eigenvalue weighted by atomic mass is 9.76. The highest BCUT2D eigenvalue weighted by molar-refractivity contribution is 6.22. The number of hydrogen-bond acceptors (Lipinski definition) is 4. The van der Waals surface area contributed by atoms with Crippen molar-refractivity contribution in [1.29, 1.82) is 0 Å². The Hall–Kier alpha value is -10.4. The molecule has 19 rings (SSSR count). The van der Waals surface area contributed by atoms with E-state index in [0.29, 0.717) is 0 Å². The quantitative estimate of drug-likeness (QED) is 0.128. The first-order valence-electron chi connectivity index (χ1n) is 26.0. The van der Waals surface area contributed by atoms with Crippen molar-refractivity contribution in [3.05, 3.63) is 247 Å². The van der Waals surface area contributed by atoms with E-state index in [9.17, 15) is 0 Å². The average Bonchev–Trinajstić information content (AvgIpc) is 3.56. The maximum Gasteiger partial charge on any atom is 0.152 e. The Labute approximate surface area is 432 Å². The number of benzene rings is 11.